The molecule has 10 heteroatoms. The van der Waals surface area contributed by atoms with E-state index in [1.807, 2.05) is 0 Å². The number of nitrogens with zero attached hydrogens (tertiary/aromatic N) is 3. The fraction of sp³-hybridized carbons (Fsp3) is 0.471. The minimum absolute atomic E-state index is 0.177. The quantitative estimate of drug-likeness (QED) is 0.667. The van der Waals surface area contributed by atoms with Gasteiger partial charge in [-0.2, -0.15) is 23.5 Å². The SMILES string of the molecule is Cc1c(Br)c(C(F)(F)F)nn1CC(=O)Nc1sc2c(c1C#N)CCCCC2. The van der Waals surface area contributed by atoms with Crippen molar-refractivity contribution in [1.82, 2.24) is 9.78 Å². The third-order valence-corrected chi connectivity index (χ3v) is 6.64. The smallest absolute Gasteiger partial charge is 0.315 e. The van der Waals surface area contributed by atoms with E-state index in [-0.39, 0.29) is 16.7 Å². The Morgan fingerprint density at radius 3 is 2.70 bits per heavy atom. The number of nitrogens with one attached hydrogen (secondary N) is 1. The van der Waals surface area contributed by atoms with Crippen molar-refractivity contribution < 1.29 is 18.0 Å². The maximum absolute atomic E-state index is 12.9. The van der Waals surface area contributed by atoms with Gasteiger partial charge in [-0.15, -0.1) is 11.3 Å². The fourth-order valence-corrected chi connectivity index (χ4v) is 4.88. The van der Waals surface area contributed by atoms with Crippen LogP contribution in [0.4, 0.5) is 18.2 Å². The molecule has 27 heavy (non-hydrogen) atoms. The number of nitriles is 1. The van der Waals surface area contributed by atoms with E-state index in [2.05, 4.69) is 32.4 Å². The summed E-state index contributed by atoms with van der Waals surface area (Å²) in [6.07, 6.45) is 0.252. The molecule has 0 bridgehead atoms. The van der Waals surface area contributed by atoms with Crippen LogP contribution in [-0.2, 0) is 30.4 Å². The highest BCUT2D eigenvalue weighted by Crippen LogP contribution is 2.37. The molecule has 2 aromatic heterocycles. The predicted octanol–water partition coefficient (Wildman–Crippen LogP) is 4.81. The Hall–Kier alpha value is -1.86. The van der Waals surface area contributed by atoms with E-state index in [9.17, 15) is 23.2 Å². The molecule has 144 valence electrons. The lowest BCUT2D eigenvalue weighted by molar-refractivity contribution is -0.142. The van der Waals surface area contributed by atoms with Gasteiger partial charge in [0.2, 0.25) is 5.91 Å². The highest BCUT2D eigenvalue weighted by atomic mass is 79.9. The van der Waals surface area contributed by atoms with Gasteiger partial charge in [0.1, 0.15) is 17.6 Å². The minimum atomic E-state index is -4.61. The predicted molar refractivity (Wildman–Crippen MR) is 98.6 cm³/mol. The lowest BCUT2D eigenvalue weighted by Crippen LogP contribution is -2.20. The molecular weight excluding hydrogens is 445 g/mol. The molecule has 1 aliphatic rings. The first kappa shape index (κ1) is 19.9. The second-order valence-electron chi connectivity index (χ2n) is 6.33. The second-order valence-corrected chi connectivity index (χ2v) is 8.23. The van der Waals surface area contributed by atoms with E-state index < -0.39 is 17.8 Å². The number of carbonyl (C=O) groups excluding carboxylic acids is 1. The number of hydrogen-bond acceptors (Lipinski definition) is 4. The van der Waals surface area contributed by atoms with Gasteiger partial charge < -0.3 is 5.32 Å². The lowest BCUT2D eigenvalue weighted by atomic mass is 10.1. The number of halogens is 4. The molecule has 1 aliphatic carbocycles. The Kier molecular flexibility index (Phi) is 5.63. The summed E-state index contributed by atoms with van der Waals surface area (Å²) >= 11 is 4.27. The van der Waals surface area contributed by atoms with Gasteiger partial charge in [-0.05, 0) is 54.1 Å². The van der Waals surface area contributed by atoms with Crippen LogP contribution in [0.15, 0.2) is 4.47 Å². The fourth-order valence-electron chi connectivity index (χ4n) is 3.11. The molecule has 5 nitrogen and oxygen atoms in total. The first-order valence-corrected chi connectivity index (χ1v) is 9.98. The third-order valence-electron chi connectivity index (χ3n) is 4.48. The number of amides is 1. The number of hydrogen-bond donors (Lipinski definition) is 1. The Labute approximate surface area is 166 Å². The number of alkyl halides is 3. The molecule has 0 aromatic carbocycles. The largest absolute Gasteiger partial charge is 0.436 e. The number of anilines is 1. The number of rotatable bonds is 3. The normalized spacial score (nSPS) is 14.4. The van der Waals surface area contributed by atoms with Crippen LogP contribution in [0.5, 0.6) is 0 Å². The highest BCUT2D eigenvalue weighted by Gasteiger charge is 2.38. The van der Waals surface area contributed by atoms with Crippen molar-refractivity contribution in [2.24, 2.45) is 0 Å². The number of thiophene rings is 1. The van der Waals surface area contributed by atoms with Crippen molar-refractivity contribution in [2.75, 3.05) is 5.32 Å². The van der Waals surface area contributed by atoms with Crippen molar-refractivity contribution in [1.29, 1.82) is 5.26 Å². The molecule has 2 heterocycles. The van der Waals surface area contributed by atoms with Crippen LogP contribution >= 0.6 is 27.3 Å². The first-order valence-electron chi connectivity index (χ1n) is 8.37. The molecular formula is C17H16BrF3N4OS. The summed E-state index contributed by atoms with van der Waals surface area (Å²) in [7, 11) is 0. The van der Waals surface area contributed by atoms with Crippen molar-refractivity contribution >= 4 is 38.2 Å². The van der Waals surface area contributed by atoms with Crippen LogP contribution in [0.25, 0.3) is 0 Å². The topological polar surface area (TPSA) is 70.7 Å². The monoisotopic (exact) mass is 460 g/mol. The molecule has 2 aromatic rings. The van der Waals surface area contributed by atoms with E-state index in [4.69, 9.17) is 0 Å². The van der Waals surface area contributed by atoms with Gasteiger partial charge in [0, 0.05) is 4.88 Å². The van der Waals surface area contributed by atoms with Gasteiger partial charge in [0.15, 0.2) is 5.69 Å². The molecule has 1 N–H and O–H groups in total. The van der Waals surface area contributed by atoms with Crippen LogP contribution < -0.4 is 5.32 Å². The summed E-state index contributed by atoms with van der Waals surface area (Å²) in [5.74, 6) is -0.519. The van der Waals surface area contributed by atoms with Gasteiger partial charge in [0.05, 0.1) is 15.7 Å². The Bertz CT molecular complexity index is 926. The number of aromatic nitrogens is 2. The van der Waals surface area contributed by atoms with Gasteiger partial charge in [-0.25, -0.2) is 0 Å². The maximum atomic E-state index is 12.9. The lowest BCUT2D eigenvalue weighted by Gasteiger charge is -2.06. The Morgan fingerprint density at radius 1 is 1.37 bits per heavy atom. The van der Waals surface area contributed by atoms with Gasteiger partial charge in [-0.1, -0.05) is 6.42 Å². The molecule has 0 saturated heterocycles. The van der Waals surface area contributed by atoms with E-state index in [1.165, 1.54) is 18.3 Å². The van der Waals surface area contributed by atoms with Gasteiger partial charge >= 0.3 is 6.18 Å². The molecule has 0 atom stereocenters. The average molecular weight is 461 g/mol. The zero-order valence-corrected chi connectivity index (χ0v) is 16.8. The summed E-state index contributed by atoms with van der Waals surface area (Å²) in [5.41, 5.74) is 0.612. The van der Waals surface area contributed by atoms with E-state index >= 15 is 0 Å². The van der Waals surface area contributed by atoms with Crippen LogP contribution in [0.2, 0.25) is 0 Å². The second kappa shape index (κ2) is 7.64. The summed E-state index contributed by atoms with van der Waals surface area (Å²) < 4.78 is 39.7. The summed E-state index contributed by atoms with van der Waals surface area (Å²) in [5, 5.41) is 16.1. The number of carbonyl (C=O) groups is 1. The Balaban J connectivity index is 1.81. The summed E-state index contributed by atoms with van der Waals surface area (Å²) in [6.45, 7) is 1.08. The van der Waals surface area contributed by atoms with Crippen molar-refractivity contribution in [2.45, 2.75) is 51.7 Å². The third kappa shape index (κ3) is 4.04. The standard InChI is InChI=1S/C17H16BrF3N4OS/c1-9-14(18)15(17(19,20)21)24-25(9)8-13(26)23-16-11(7-22)10-5-3-2-4-6-12(10)27-16/h2-6,8H2,1H3,(H,23,26). The van der Waals surface area contributed by atoms with Crippen molar-refractivity contribution in [3.05, 3.63) is 31.9 Å². The highest BCUT2D eigenvalue weighted by molar-refractivity contribution is 9.10. The minimum Gasteiger partial charge on any atom is -0.315 e. The molecule has 0 fully saturated rings. The Morgan fingerprint density at radius 2 is 2.07 bits per heavy atom. The van der Waals surface area contributed by atoms with Gasteiger partial charge in [0.25, 0.3) is 0 Å². The molecule has 3 rings (SSSR count). The van der Waals surface area contributed by atoms with Crippen molar-refractivity contribution in [3.63, 3.8) is 0 Å². The molecule has 0 radical (unpaired) electrons. The zero-order chi connectivity index (χ0) is 19.8. The average Bonchev–Trinajstić information content (AvgIpc) is 2.94. The molecule has 0 spiro atoms. The van der Waals surface area contributed by atoms with Crippen LogP contribution in [0.3, 0.4) is 0 Å². The number of aryl methyl sites for hydroxylation is 1. The van der Waals surface area contributed by atoms with Crippen LogP contribution in [0.1, 0.15) is 46.7 Å². The van der Waals surface area contributed by atoms with Crippen LogP contribution in [-0.4, -0.2) is 15.7 Å². The van der Waals surface area contributed by atoms with E-state index in [0.29, 0.717) is 10.6 Å². The summed E-state index contributed by atoms with van der Waals surface area (Å²) in [4.78, 5) is 13.5. The zero-order valence-electron chi connectivity index (χ0n) is 14.4. The maximum Gasteiger partial charge on any atom is 0.436 e. The van der Waals surface area contributed by atoms with E-state index in [0.717, 1.165) is 47.2 Å². The number of fused-ring (bicyclic) bond motifs is 1. The first-order chi connectivity index (χ1) is 12.7. The molecule has 0 aliphatic heterocycles. The summed E-state index contributed by atoms with van der Waals surface area (Å²) in [6, 6.07) is 2.16. The van der Waals surface area contributed by atoms with E-state index in [1.54, 1.807) is 0 Å². The van der Waals surface area contributed by atoms with Crippen molar-refractivity contribution in [3.8, 4) is 6.07 Å². The molecule has 0 unspecified atom stereocenters. The molecule has 0 saturated carbocycles. The van der Waals surface area contributed by atoms with Gasteiger partial charge in [-0.3, -0.25) is 9.48 Å². The molecule has 1 amide bonds. The van der Waals surface area contributed by atoms with Crippen LogP contribution in [0, 0.1) is 18.3 Å².